The summed E-state index contributed by atoms with van der Waals surface area (Å²) < 4.78 is 4.84. The Morgan fingerprint density at radius 3 is 2.50 bits per heavy atom. The molecule has 1 unspecified atom stereocenters. The van der Waals surface area contributed by atoms with Crippen LogP contribution in [0.2, 0.25) is 0 Å². The van der Waals surface area contributed by atoms with Gasteiger partial charge in [-0.15, -0.1) is 0 Å². The molecular weight excluding hydrogens is 206 g/mol. The van der Waals surface area contributed by atoms with E-state index in [-0.39, 0.29) is 17.8 Å². The van der Waals surface area contributed by atoms with Gasteiger partial charge in [0.1, 0.15) is 6.04 Å². The molecule has 1 amide bonds. The molecule has 0 aromatic carbocycles. The van der Waals surface area contributed by atoms with Gasteiger partial charge >= 0.3 is 5.97 Å². The number of amides is 1. The molecule has 0 spiro atoms. The first kappa shape index (κ1) is 13.0. The van der Waals surface area contributed by atoms with E-state index in [0.29, 0.717) is 6.61 Å². The third-order valence-electron chi connectivity index (χ3n) is 2.97. The number of rotatable bonds is 4. The van der Waals surface area contributed by atoms with E-state index in [9.17, 15) is 9.59 Å². The van der Waals surface area contributed by atoms with Gasteiger partial charge in [0.15, 0.2) is 0 Å². The van der Waals surface area contributed by atoms with Gasteiger partial charge in [-0.05, 0) is 26.7 Å². The molecular formula is C12H21NO3. The van der Waals surface area contributed by atoms with E-state index in [0.717, 1.165) is 25.7 Å². The van der Waals surface area contributed by atoms with Gasteiger partial charge < -0.3 is 10.1 Å². The van der Waals surface area contributed by atoms with E-state index in [1.54, 1.807) is 13.8 Å². The molecule has 1 fully saturated rings. The highest BCUT2D eigenvalue weighted by Crippen LogP contribution is 2.23. The third kappa shape index (κ3) is 3.83. The minimum absolute atomic E-state index is 0.000234. The van der Waals surface area contributed by atoms with E-state index in [4.69, 9.17) is 4.74 Å². The van der Waals surface area contributed by atoms with Gasteiger partial charge in [0.25, 0.3) is 0 Å². The van der Waals surface area contributed by atoms with Crippen molar-refractivity contribution in [2.75, 3.05) is 6.61 Å². The van der Waals surface area contributed by atoms with Crippen LogP contribution >= 0.6 is 0 Å². The lowest BCUT2D eigenvalue weighted by atomic mass is 9.88. The first-order valence-corrected chi connectivity index (χ1v) is 6.12. The lowest BCUT2D eigenvalue weighted by Gasteiger charge is -2.22. The van der Waals surface area contributed by atoms with Crippen LogP contribution in [0.15, 0.2) is 0 Å². The van der Waals surface area contributed by atoms with Crippen LogP contribution in [0.3, 0.4) is 0 Å². The van der Waals surface area contributed by atoms with Crippen LogP contribution in [0.25, 0.3) is 0 Å². The van der Waals surface area contributed by atoms with Crippen molar-refractivity contribution >= 4 is 11.9 Å². The summed E-state index contributed by atoms with van der Waals surface area (Å²) in [5.74, 6) is -0.266. The number of ether oxygens (including phenoxy) is 1. The molecule has 1 saturated carbocycles. The lowest BCUT2D eigenvalue weighted by Crippen LogP contribution is -2.43. The van der Waals surface area contributed by atoms with Crippen LogP contribution in [0.1, 0.15) is 46.0 Å². The fourth-order valence-corrected chi connectivity index (χ4v) is 2.02. The molecule has 1 aliphatic carbocycles. The van der Waals surface area contributed by atoms with Gasteiger partial charge in [-0.25, -0.2) is 4.79 Å². The predicted molar refractivity (Wildman–Crippen MR) is 60.8 cm³/mol. The molecule has 1 atom stereocenters. The Bertz CT molecular complexity index is 247. The molecule has 0 saturated heterocycles. The number of carbonyl (C=O) groups excluding carboxylic acids is 2. The Hall–Kier alpha value is -1.06. The molecule has 1 N–H and O–H groups in total. The monoisotopic (exact) mass is 227 g/mol. The molecule has 4 heteroatoms. The molecule has 0 aromatic heterocycles. The zero-order chi connectivity index (χ0) is 12.0. The maximum absolute atomic E-state index is 11.8. The Morgan fingerprint density at radius 2 is 1.94 bits per heavy atom. The van der Waals surface area contributed by atoms with E-state index in [2.05, 4.69) is 5.32 Å². The highest BCUT2D eigenvalue weighted by molar-refractivity contribution is 5.85. The molecule has 92 valence electrons. The summed E-state index contributed by atoms with van der Waals surface area (Å²) in [5, 5.41) is 2.72. The molecule has 16 heavy (non-hydrogen) atoms. The maximum atomic E-state index is 11.8. The molecule has 4 nitrogen and oxygen atoms in total. The summed E-state index contributed by atoms with van der Waals surface area (Å²) in [7, 11) is 0. The van der Waals surface area contributed by atoms with Gasteiger partial charge in [0, 0.05) is 5.92 Å². The first-order valence-electron chi connectivity index (χ1n) is 6.12. The molecule has 0 aromatic rings. The maximum Gasteiger partial charge on any atom is 0.328 e. The van der Waals surface area contributed by atoms with E-state index < -0.39 is 6.04 Å². The number of hydrogen-bond donors (Lipinski definition) is 1. The van der Waals surface area contributed by atoms with Crippen LogP contribution in [-0.2, 0) is 14.3 Å². The molecule has 0 radical (unpaired) electrons. The second kappa shape index (κ2) is 6.51. The van der Waals surface area contributed by atoms with Crippen molar-refractivity contribution in [1.29, 1.82) is 0 Å². The third-order valence-corrected chi connectivity index (χ3v) is 2.97. The fourth-order valence-electron chi connectivity index (χ4n) is 2.02. The fraction of sp³-hybridized carbons (Fsp3) is 0.833. The topological polar surface area (TPSA) is 55.4 Å². The number of hydrogen-bond acceptors (Lipinski definition) is 3. The largest absolute Gasteiger partial charge is 0.464 e. The van der Waals surface area contributed by atoms with Gasteiger partial charge in [-0.1, -0.05) is 19.3 Å². The standard InChI is InChI=1S/C12H21NO3/c1-3-16-12(15)9(2)13-11(14)10-7-5-4-6-8-10/h9-10H,3-8H2,1-2H3,(H,13,14). The zero-order valence-electron chi connectivity index (χ0n) is 10.1. The Balaban J connectivity index is 2.34. The minimum Gasteiger partial charge on any atom is -0.464 e. The van der Waals surface area contributed by atoms with Crippen LogP contribution in [0, 0.1) is 5.92 Å². The van der Waals surface area contributed by atoms with Crippen molar-refractivity contribution in [2.24, 2.45) is 5.92 Å². The van der Waals surface area contributed by atoms with Gasteiger partial charge in [-0.2, -0.15) is 0 Å². The highest BCUT2D eigenvalue weighted by Gasteiger charge is 2.24. The van der Waals surface area contributed by atoms with Crippen molar-refractivity contribution in [3.63, 3.8) is 0 Å². The summed E-state index contributed by atoms with van der Waals surface area (Å²) in [4.78, 5) is 23.1. The van der Waals surface area contributed by atoms with E-state index in [1.165, 1.54) is 6.42 Å². The van der Waals surface area contributed by atoms with Gasteiger partial charge in [-0.3, -0.25) is 4.79 Å². The van der Waals surface area contributed by atoms with Crippen molar-refractivity contribution in [2.45, 2.75) is 52.0 Å². The van der Waals surface area contributed by atoms with E-state index in [1.807, 2.05) is 0 Å². The summed E-state index contributed by atoms with van der Waals surface area (Å²) in [6, 6.07) is -0.533. The van der Waals surface area contributed by atoms with E-state index >= 15 is 0 Å². The van der Waals surface area contributed by atoms with Crippen molar-refractivity contribution in [1.82, 2.24) is 5.32 Å². The highest BCUT2D eigenvalue weighted by atomic mass is 16.5. The Kier molecular flexibility index (Phi) is 5.29. The molecule has 0 aliphatic heterocycles. The van der Waals surface area contributed by atoms with Crippen LogP contribution in [0.4, 0.5) is 0 Å². The van der Waals surface area contributed by atoms with Crippen molar-refractivity contribution in [3.05, 3.63) is 0 Å². The number of nitrogens with one attached hydrogen (secondary N) is 1. The Labute approximate surface area is 96.7 Å². The SMILES string of the molecule is CCOC(=O)C(C)NC(=O)C1CCCCC1. The van der Waals surface area contributed by atoms with Crippen LogP contribution < -0.4 is 5.32 Å². The number of carbonyl (C=O) groups is 2. The van der Waals surface area contributed by atoms with Gasteiger partial charge in [0.2, 0.25) is 5.91 Å². The summed E-state index contributed by atoms with van der Waals surface area (Å²) in [5.41, 5.74) is 0. The van der Waals surface area contributed by atoms with Gasteiger partial charge in [0.05, 0.1) is 6.61 Å². The average molecular weight is 227 g/mol. The van der Waals surface area contributed by atoms with Crippen LogP contribution in [0.5, 0.6) is 0 Å². The van der Waals surface area contributed by atoms with Crippen molar-refractivity contribution in [3.8, 4) is 0 Å². The Morgan fingerprint density at radius 1 is 1.31 bits per heavy atom. The normalized spacial score (nSPS) is 18.9. The quantitative estimate of drug-likeness (QED) is 0.743. The van der Waals surface area contributed by atoms with Crippen molar-refractivity contribution < 1.29 is 14.3 Å². The molecule has 0 bridgehead atoms. The summed E-state index contributed by atoms with van der Waals surface area (Å²) in [6.07, 6.45) is 5.34. The molecule has 0 heterocycles. The second-order valence-electron chi connectivity index (χ2n) is 4.32. The van der Waals surface area contributed by atoms with Crippen LogP contribution in [-0.4, -0.2) is 24.5 Å². The minimum atomic E-state index is -0.533. The molecule has 1 aliphatic rings. The average Bonchev–Trinajstić information content (AvgIpc) is 2.30. The summed E-state index contributed by atoms with van der Waals surface area (Å²) >= 11 is 0. The zero-order valence-corrected chi connectivity index (χ0v) is 10.1. The predicted octanol–water partition coefficient (Wildman–Crippen LogP) is 1.63. The number of esters is 1. The lowest BCUT2D eigenvalue weighted by molar-refractivity contribution is -0.147. The first-order chi connectivity index (χ1) is 7.65. The summed E-state index contributed by atoms with van der Waals surface area (Å²) in [6.45, 7) is 3.77. The smallest absolute Gasteiger partial charge is 0.328 e. The molecule has 1 rings (SSSR count). The second-order valence-corrected chi connectivity index (χ2v) is 4.32.